The minimum atomic E-state index is -4.27. The Morgan fingerprint density at radius 1 is 1.21 bits per heavy atom. The lowest BCUT2D eigenvalue weighted by atomic mass is 10.0. The van der Waals surface area contributed by atoms with Gasteiger partial charge in [-0.1, -0.05) is 29.9 Å². The Morgan fingerprint density at radius 2 is 1.91 bits per heavy atom. The zero-order chi connectivity index (χ0) is 24.8. The quantitative estimate of drug-likeness (QED) is 0.359. The van der Waals surface area contributed by atoms with E-state index in [1.165, 1.54) is 12.1 Å². The fourth-order valence-electron chi connectivity index (χ4n) is 4.29. The van der Waals surface area contributed by atoms with Crippen LogP contribution < -0.4 is 21.5 Å². The lowest BCUT2D eigenvalue weighted by molar-refractivity contribution is -0.0295. The third-order valence-corrected chi connectivity index (χ3v) is 8.37. The van der Waals surface area contributed by atoms with Crippen LogP contribution in [0.1, 0.15) is 40.0 Å². The van der Waals surface area contributed by atoms with Gasteiger partial charge >= 0.3 is 0 Å². The fourth-order valence-corrected chi connectivity index (χ4v) is 6.26. The Bertz CT molecular complexity index is 1260. The van der Waals surface area contributed by atoms with Crippen molar-refractivity contribution < 1.29 is 23.1 Å². The van der Waals surface area contributed by atoms with Crippen molar-refractivity contribution in [3.8, 4) is 5.75 Å². The molecule has 2 aromatic rings. The number of ether oxygens (including phenoxy) is 1. The average Bonchev–Trinajstić information content (AvgIpc) is 3.43. The van der Waals surface area contributed by atoms with Crippen LogP contribution in [0, 0.1) is 5.92 Å². The second kappa shape index (κ2) is 9.46. The van der Waals surface area contributed by atoms with Crippen molar-refractivity contribution in [2.75, 3.05) is 23.8 Å². The number of benzene rings is 1. The molecule has 4 rings (SSSR count). The molecule has 0 saturated carbocycles. The Labute approximate surface area is 202 Å². The van der Waals surface area contributed by atoms with E-state index in [9.17, 15) is 23.1 Å². The maximum Gasteiger partial charge on any atom is 0.270 e. The van der Waals surface area contributed by atoms with Crippen molar-refractivity contribution in [1.29, 1.82) is 0 Å². The van der Waals surface area contributed by atoms with E-state index in [2.05, 4.69) is 10.6 Å². The predicted octanol–water partition coefficient (Wildman–Crippen LogP) is 2.72. The molecule has 0 radical (unpaired) electrons. The van der Waals surface area contributed by atoms with E-state index in [1.807, 2.05) is 20.8 Å². The second-order valence-corrected chi connectivity index (χ2v) is 11.1. The maximum atomic E-state index is 13.1. The summed E-state index contributed by atoms with van der Waals surface area (Å²) in [5.74, 6) is -0.692. The van der Waals surface area contributed by atoms with Crippen molar-refractivity contribution in [3.63, 3.8) is 0 Å². The largest absolute Gasteiger partial charge is 0.504 e. The van der Waals surface area contributed by atoms with Crippen LogP contribution in [-0.2, 0) is 19.6 Å². The summed E-state index contributed by atoms with van der Waals surface area (Å²) < 4.78 is 32.8. The highest BCUT2D eigenvalue weighted by molar-refractivity contribution is 7.89. The monoisotopic (exact) mass is 513 g/mol. The van der Waals surface area contributed by atoms with Crippen LogP contribution in [0.25, 0.3) is 0 Å². The summed E-state index contributed by atoms with van der Waals surface area (Å²) in [4.78, 5) is 29.3. The van der Waals surface area contributed by atoms with E-state index in [4.69, 9.17) is 21.2 Å². The second-order valence-electron chi connectivity index (χ2n) is 8.92. The molecule has 34 heavy (non-hydrogen) atoms. The first-order valence-corrected chi connectivity index (χ1v) is 13.1. The molecule has 2 heterocycles. The van der Waals surface area contributed by atoms with Gasteiger partial charge in [0, 0.05) is 6.54 Å². The van der Waals surface area contributed by atoms with Crippen LogP contribution in [-0.4, -0.2) is 49.4 Å². The van der Waals surface area contributed by atoms with Gasteiger partial charge in [0.25, 0.3) is 20.9 Å². The lowest BCUT2D eigenvalue weighted by Crippen LogP contribution is -2.42. The van der Waals surface area contributed by atoms with E-state index >= 15 is 0 Å². The number of nitrogens with one attached hydrogen (secondary N) is 2. The molecule has 12 heteroatoms. The molecule has 2 aromatic carbocycles. The van der Waals surface area contributed by atoms with Crippen molar-refractivity contribution in [3.05, 3.63) is 37.6 Å². The molecule has 0 aromatic heterocycles. The zero-order valence-corrected chi connectivity index (χ0v) is 20.7. The van der Waals surface area contributed by atoms with Gasteiger partial charge in [-0.05, 0) is 44.2 Å². The molecule has 2 fully saturated rings. The summed E-state index contributed by atoms with van der Waals surface area (Å²) >= 11 is 6.13. The number of phenols is 1. The summed E-state index contributed by atoms with van der Waals surface area (Å²) in [6.45, 7) is 6.10. The van der Waals surface area contributed by atoms with Crippen molar-refractivity contribution >= 4 is 38.7 Å². The molecule has 0 unspecified atom stereocenters. The molecule has 10 nitrogen and oxygen atoms in total. The van der Waals surface area contributed by atoms with Gasteiger partial charge in [0.2, 0.25) is 0 Å². The molecule has 2 aliphatic heterocycles. The van der Waals surface area contributed by atoms with Gasteiger partial charge in [0.1, 0.15) is 16.3 Å². The Balaban J connectivity index is 1.62. The number of phenolic OH excluding ortho intramolecular Hbond substituents is 1. The molecule has 2 aliphatic rings. The Hall–Kier alpha value is -2.18. The molecular weight excluding hydrogens is 486 g/mol. The molecular formula is C22H28ClN3O7S. The standard InChI is InChI=1S/C22H28ClN3O7S/c1-4-14(16-8-5-12(3)33-16)24-17-18(21(29)20(17)28)25-15-7-6-13(23)22(19(15)27)34(30,31)26-9-11(2)10-32-26/h6-7,11-12,14,16,24-25,27H,4-5,8-10H2,1-3H3/t11-,12+,14+,16+/m0/s1. The third kappa shape index (κ3) is 4.42. The number of anilines is 3. The number of sulfonamides is 1. The van der Waals surface area contributed by atoms with Gasteiger partial charge in [0.05, 0.1) is 35.6 Å². The highest BCUT2D eigenvalue weighted by atomic mass is 35.5. The molecule has 3 N–H and O–H groups in total. The van der Waals surface area contributed by atoms with Gasteiger partial charge in [0.15, 0.2) is 5.75 Å². The molecule has 0 aliphatic carbocycles. The minimum absolute atomic E-state index is 0.0206. The smallest absolute Gasteiger partial charge is 0.270 e. The number of hydrogen-bond acceptors (Lipinski definition) is 9. The van der Waals surface area contributed by atoms with Crippen LogP contribution >= 0.6 is 11.6 Å². The average molecular weight is 514 g/mol. The lowest BCUT2D eigenvalue weighted by Gasteiger charge is -2.26. The van der Waals surface area contributed by atoms with Crippen LogP contribution in [0.2, 0.25) is 5.02 Å². The summed E-state index contributed by atoms with van der Waals surface area (Å²) in [5, 5.41) is 16.4. The number of hydrogen-bond donors (Lipinski definition) is 3. The van der Waals surface area contributed by atoms with E-state index in [1.54, 1.807) is 0 Å². The summed E-state index contributed by atoms with van der Waals surface area (Å²) in [6, 6.07) is 2.44. The Morgan fingerprint density at radius 3 is 2.50 bits per heavy atom. The highest BCUT2D eigenvalue weighted by Gasteiger charge is 2.37. The van der Waals surface area contributed by atoms with Crippen molar-refractivity contribution in [1.82, 2.24) is 4.47 Å². The predicted molar refractivity (Wildman–Crippen MR) is 128 cm³/mol. The first-order valence-electron chi connectivity index (χ1n) is 11.2. The maximum absolute atomic E-state index is 13.1. The first-order chi connectivity index (χ1) is 16.0. The van der Waals surface area contributed by atoms with Crippen LogP contribution in [0.5, 0.6) is 5.75 Å². The summed E-state index contributed by atoms with van der Waals surface area (Å²) in [6.07, 6.45) is 2.44. The highest BCUT2D eigenvalue weighted by Crippen LogP contribution is 2.41. The normalized spacial score (nSPS) is 24.5. The van der Waals surface area contributed by atoms with Crippen LogP contribution in [0.4, 0.5) is 17.1 Å². The summed E-state index contributed by atoms with van der Waals surface area (Å²) in [7, 11) is -4.27. The summed E-state index contributed by atoms with van der Waals surface area (Å²) in [5.41, 5.74) is -1.51. The fraction of sp³-hybridized carbons (Fsp3) is 0.545. The van der Waals surface area contributed by atoms with E-state index in [0.29, 0.717) is 6.42 Å². The van der Waals surface area contributed by atoms with Gasteiger partial charge in [-0.15, -0.1) is 0 Å². The first kappa shape index (κ1) is 24.9. The SMILES string of the molecule is CC[C@@H](Nc1c(Nc2ccc(Cl)c(S(=O)(=O)N3C[C@H](C)CO3)c2O)c(=O)c1=O)[C@H]1CC[C@@H](C)O1. The number of hydroxylamine groups is 1. The van der Waals surface area contributed by atoms with Crippen LogP contribution in [0.15, 0.2) is 26.6 Å². The third-order valence-electron chi connectivity index (χ3n) is 6.23. The molecule has 0 spiro atoms. The van der Waals surface area contributed by atoms with Gasteiger partial charge < -0.3 is 20.5 Å². The van der Waals surface area contributed by atoms with Gasteiger partial charge in [-0.25, -0.2) is 8.42 Å². The Kier molecular flexibility index (Phi) is 6.94. The van der Waals surface area contributed by atoms with Crippen LogP contribution in [0.3, 0.4) is 0 Å². The molecule has 0 amide bonds. The zero-order valence-electron chi connectivity index (χ0n) is 19.1. The molecule has 0 bridgehead atoms. The van der Waals surface area contributed by atoms with E-state index < -0.39 is 31.5 Å². The van der Waals surface area contributed by atoms with Crippen molar-refractivity contribution in [2.24, 2.45) is 5.92 Å². The van der Waals surface area contributed by atoms with E-state index in [-0.39, 0.29) is 59.4 Å². The molecule has 186 valence electrons. The topological polar surface area (TPSA) is 134 Å². The minimum Gasteiger partial charge on any atom is -0.504 e. The van der Waals surface area contributed by atoms with Crippen molar-refractivity contribution in [2.45, 2.75) is 63.2 Å². The number of nitrogens with zero attached hydrogens (tertiary/aromatic N) is 1. The number of aromatic hydroxyl groups is 1. The molecule has 2 saturated heterocycles. The number of halogens is 1. The van der Waals surface area contributed by atoms with E-state index in [0.717, 1.165) is 17.3 Å². The van der Waals surface area contributed by atoms with Gasteiger partial charge in [-0.2, -0.15) is 0 Å². The molecule has 4 atom stereocenters. The van der Waals surface area contributed by atoms with Gasteiger partial charge in [-0.3, -0.25) is 14.4 Å². The number of rotatable bonds is 8.